The Labute approximate surface area is 200 Å². The first-order chi connectivity index (χ1) is 16.1. The van der Waals surface area contributed by atoms with Gasteiger partial charge in [-0.05, 0) is 63.2 Å². The average Bonchev–Trinajstić information content (AvgIpc) is 2.74. The molecule has 1 amide bonds. The van der Waals surface area contributed by atoms with Crippen LogP contribution in [0.3, 0.4) is 0 Å². The highest BCUT2D eigenvalue weighted by Crippen LogP contribution is 2.57. The Morgan fingerprint density at radius 3 is 2.17 bits per heavy atom. The highest BCUT2D eigenvalue weighted by atomic mass is 32.2. The number of rotatable bonds is 8. The number of hydrogen-bond acceptors (Lipinski definition) is 7. The molecule has 1 aliphatic heterocycles. The van der Waals surface area contributed by atoms with Crippen molar-refractivity contribution in [3.63, 3.8) is 0 Å². The molecule has 1 N–H and O–H groups in total. The Morgan fingerprint density at radius 1 is 1.09 bits per heavy atom. The van der Waals surface area contributed by atoms with Crippen LogP contribution in [0.2, 0.25) is 0 Å². The standard InChI is InChI=1S/C21H30F5NO7S/c1-18(32-4-3-5-33-18)11-15(20(22,23)24)34-35(29,30)21(25,26)17(28)27-16-14-7-12-6-13(8-14)10-19(16,9-12)31-2/h12-16H,3-11H2,1-2H3,(H,27,28). The first kappa shape index (κ1) is 27.0. The van der Waals surface area contributed by atoms with E-state index in [1.54, 1.807) is 0 Å². The molecule has 14 heteroatoms. The zero-order chi connectivity index (χ0) is 25.9. The summed E-state index contributed by atoms with van der Waals surface area (Å²) >= 11 is 0. The number of amides is 1. The second-order valence-electron chi connectivity index (χ2n) is 10.3. The van der Waals surface area contributed by atoms with Crippen LogP contribution in [0, 0.1) is 17.8 Å². The van der Waals surface area contributed by atoms with Crippen molar-refractivity contribution in [3.8, 4) is 0 Å². The first-order valence-electron chi connectivity index (χ1n) is 11.6. The molecule has 0 aromatic rings. The van der Waals surface area contributed by atoms with Crippen molar-refractivity contribution in [2.24, 2.45) is 17.8 Å². The molecule has 4 atom stereocenters. The van der Waals surface area contributed by atoms with Crippen LogP contribution in [0.5, 0.6) is 0 Å². The quantitative estimate of drug-likeness (QED) is 0.377. The second-order valence-corrected chi connectivity index (χ2v) is 11.9. The minimum absolute atomic E-state index is 0.0396. The van der Waals surface area contributed by atoms with Crippen molar-refractivity contribution in [2.75, 3.05) is 20.3 Å². The van der Waals surface area contributed by atoms with E-state index in [9.17, 15) is 35.2 Å². The van der Waals surface area contributed by atoms with Crippen LogP contribution in [0.25, 0.3) is 0 Å². The maximum Gasteiger partial charge on any atom is 0.446 e. The fourth-order valence-corrected chi connectivity index (χ4v) is 7.29. The van der Waals surface area contributed by atoms with Gasteiger partial charge in [0.15, 0.2) is 11.9 Å². The lowest BCUT2D eigenvalue weighted by Gasteiger charge is -2.60. The van der Waals surface area contributed by atoms with Gasteiger partial charge in [0.2, 0.25) is 0 Å². The highest BCUT2D eigenvalue weighted by molar-refractivity contribution is 7.88. The van der Waals surface area contributed by atoms with E-state index in [2.05, 4.69) is 9.50 Å². The fraction of sp³-hybridized carbons (Fsp3) is 0.952. The lowest BCUT2D eigenvalue weighted by atomic mass is 9.52. The van der Waals surface area contributed by atoms with Crippen molar-refractivity contribution in [2.45, 2.75) is 86.8 Å². The van der Waals surface area contributed by atoms with E-state index in [-0.39, 0.29) is 19.1 Å². The molecule has 1 saturated heterocycles. The van der Waals surface area contributed by atoms with E-state index >= 15 is 0 Å². The van der Waals surface area contributed by atoms with E-state index in [0.29, 0.717) is 43.9 Å². The zero-order valence-electron chi connectivity index (χ0n) is 19.4. The third kappa shape index (κ3) is 5.05. The SMILES string of the molecule is COC12CC3CC(CC(C3)C1NC(=O)C(F)(F)S(=O)(=O)OC(CC1(C)OCCCO1)C(F)(F)F)C2. The number of nitrogens with one attached hydrogen (secondary N) is 1. The largest absolute Gasteiger partial charge is 0.446 e. The zero-order valence-corrected chi connectivity index (χ0v) is 20.2. The van der Waals surface area contributed by atoms with E-state index in [4.69, 9.17) is 14.2 Å². The van der Waals surface area contributed by atoms with Gasteiger partial charge in [-0.3, -0.25) is 8.98 Å². The second kappa shape index (κ2) is 9.03. The summed E-state index contributed by atoms with van der Waals surface area (Å²) in [5.41, 5.74) is -0.913. The summed E-state index contributed by atoms with van der Waals surface area (Å²) in [5, 5.41) is -3.17. The van der Waals surface area contributed by atoms with Crippen LogP contribution in [0.1, 0.15) is 51.9 Å². The molecule has 0 radical (unpaired) electrons. The Balaban J connectivity index is 1.50. The molecule has 4 saturated carbocycles. The molecule has 4 bridgehead atoms. The van der Waals surface area contributed by atoms with Gasteiger partial charge in [-0.15, -0.1) is 0 Å². The highest BCUT2D eigenvalue weighted by Gasteiger charge is 2.63. The minimum Gasteiger partial charge on any atom is -0.376 e. The summed E-state index contributed by atoms with van der Waals surface area (Å²) < 4.78 is 115. The van der Waals surface area contributed by atoms with Gasteiger partial charge in [-0.25, -0.2) is 0 Å². The Kier molecular flexibility index (Phi) is 6.96. The number of methoxy groups -OCH3 is 1. The van der Waals surface area contributed by atoms with Crippen LogP contribution in [0.4, 0.5) is 22.0 Å². The smallest absolute Gasteiger partial charge is 0.376 e. The van der Waals surface area contributed by atoms with Gasteiger partial charge in [-0.1, -0.05) is 0 Å². The van der Waals surface area contributed by atoms with Crippen LogP contribution < -0.4 is 5.32 Å². The van der Waals surface area contributed by atoms with Crippen LogP contribution >= 0.6 is 0 Å². The van der Waals surface area contributed by atoms with Crippen molar-refractivity contribution >= 4 is 16.0 Å². The molecule has 202 valence electrons. The van der Waals surface area contributed by atoms with Gasteiger partial charge >= 0.3 is 27.5 Å². The van der Waals surface area contributed by atoms with Crippen LogP contribution in [-0.2, 0) is 33.3 Å². The number of carbonyl (C=O) groups excluding carboxylic acids is 1. The number of hydrogen-bond donors (Lipinski definition) is 1. The number of halogens is 5. The summed E-state index contributed by atoms with van der Waals surface area (Å²) in [4.78, 5) is 12.5. The molecule has 5 fully saturated rings. The third-order valence-corrected chi connectivity index (χ3v) is 9.08. The maximum atomic E-state index is 14.9. The lowest BCUT2D eigenvalue weighted by Crippen LogP contribution is -2.68. The molecule has 0 spiro atoms. The van der Waals surface area contributed by atoms with Crippen LogP contribution in [-0.4, -0.2) is 69.6 Å². The van der Waals surface area contributed by atoms with Crippen molar-refractivity contribution < 1.29 is 53.6 Å². The monoisotopic (exact) mass is 535 g/mol. The molecule has 4 unspecified atom stereocenters. The summed E-state index contributed by atoms with van der Waals surface area (Å²) in [7, 11) is -4.93. The number of alkyl halides is 5. The molecule has 8 nitrogen and oxygen atoms in total. The molecular weight excluding hydrogens is 505 g/mol. The van der Waals surface area contributed by atoms with Gasteiger partial charge in [0, 0.05) is 13.5 Å². The van der Waals surface area contributed by atoms with Crippen molar-refractivity contribution in [1.82, 2.24) is 5.32 Å². The van der Waals surface area contributed by atoms with Gasteiger partial charge in [0.1, 0.15) is 0 Å². The van der Waals surface area contributed by atoms with Crippen LogP contribution in [0.15, 0.2) is 0 Å². The maximum absolute atomic E-state index is 14.9. The van der Waals surface area contributed by atoms with Gasteiger partial charge in [0.05, 0.1) is 24.9 Å². The first-order valence-corrected chi connectivity index (χ1v) is 13.0. The van der Waals surface area contributed by atoms with Gasteiger partial charge in [-0.2, -0.15) is 30.4 Å². The summed E-state index contributed by atoms with van der Waals surface area (Å²) in [5.74, 6) is -3.66. The van der Waals surface area contributed by atoms with E-state index in [0.717, 1.165) is 13.3 Å². The molecule has 5 aliphatic rings. The Bertz CT molecular complexity index is 908. The number of ether oxygens (including phenoxy) is 3. The Hall–Kier alpha value is -1.09. The lowest BCUT2D eigenvalue weighted by molar-refractivity contribution is -0.288. The summed E-state index contributed by atoms with van der Waals surface area (Å²) in [6, 6.07) is -0.879. The average molecular weight is 536 g/mol. The molecule has 35 heavy (non-hydrogen) atoms. The third-order valence-electron chi connectivity index (χ3n) is 7.78. The topological polar surface area (TPSA) is 100 Å². The summed E-state index contributed by atoms with van der Waals surface area (Å²) in [6.45, 7) is 1.21. The number of carbonyl (C=O) groups is 1. The molecule has 0 aromatic heterocycles. The molecule has 4 aliphatic carbocycles. The van der Waals surface area contributed by atoms with E-state index in [1.165, 1.54) is 7.11 Å². The van der Waals surface area contributed by atoms with E-state index < -0.39 is 57.4 Å². The van der Waals surface area contributed by atoms with Gasteiger partial charge < -0.3 is 19.5 Å². The molecular formula is C21H30F5NO7S. The minimum atomic E-state index is -6.34. The predicted molar refractivity (Wildman–Crippen MR) is 110 cm³/mol. The molecule has 0 aromatic carbocycles. The normalized spacial score (nSPS) is 35.6. The molecule has 5 rings (SSSR count). The molecule has 1 heterocycles. The Morgan fingerprint density at radius 2 is 1.66 bits per heavy atom. The van der Waals surface area contributed by atoms with Gasteiger partial charge in [0.25, 0.3) is 0 Å². The van der Waals surface area contributed by atoms with E-state index in [1.807, 2.05) is 0 Å². The predicted octanol–water partition coefficient (Wildman–Crippen LogP) is 3.11. The van der Waals surface area contributed by atoms with Crippen molar-refractivity contribution in [1.29, 1.82) is 0 Å². The van der Waals surface area contributed by atoms with Crippen molar-refractivity contribution in [3.05, 3.63) is 0 Å². The fourth-order valence-electron chi connectivity index (χ4n) is 6.40. The summed E-state index contributed by atoms with van der Waals surface area (Å²) in [6.07, 6.45) is -5.97.